The van der Waals surface area contributed by atoms with Gasteiger partial charge in [0.25, 0.3) is 0 Å². The number of para-hydroxylation sites is 2. The van der Waals surface area contributed by atoms with E-state index in [1.165, 1.54) is 43.8 Å². The van der Waals surface area contributed by atoms with Gasteiger partial charge in [0, 0.05) is 16.3 Å². The number of nitrogens with zero attached hydrogens (tertiary/aromatic N) is 3. The molecule has 3 nitrogen and oxygen atoms in total. The third-order valence-corrected chi connectivity index (χ3v) is 9.34. The number of hydrogen-bond acceptors (Lipinski definition) is 2. The van der Waals surface area contributed by atoms with E-state index in [0.717, 1.165) is 50.3 Å². The van der Waals surface area contributed by atoms with E-state index < -0.39 is 0 Å². The molecule has 2 aromatic heterocycles. The molecular weight excluding hydrogens is 546 g/mol. The molecule has 0 radical (unpaired) electrons. The summed E-state index contributed by atoms with van der Waals surface area (Å²) in [6.45, 7) is 0. The number of aromatic nitrogens is 3. The van der Waals surface area contributed by atoms with Crippen molar-refractivity contribution in [3.05, 3.63) is 152 Å². The number of fused-ring (bicyclic) bond motifs is 4. The second-order valence-corrected chi connectivity index (χ2v) is 11.7. The van der Waals surface area contributed by atoms with E-state index in [0.29, 0.717) is 0 Å². The van der Waals surface area contributed by atoms with E-state index in [9.17, 15) is 0 Å². The molecule has 0 spiro atoms. The summed E-state index contributed by atoms with van der Waals surface area (Å²) in [5, 5.41) is 5.05. The highest BCUT2D eigenvalue weighted by Crippen LogP contribution is 2.50. The average Bonchev–Trinajstić information content (AvgIpc) is 3.39. The maximum absolute atomic E-state index is 5.42. The summed E-state index contributed by atoms with van der Waals surface area (Å²) in [7, 11) is 0. The van der Waals surface area contributed by atoms with Crippen molar-refractivity contribution in [3.63, 3.8) is 0 Å². The molecule has 7 aromatic carbocycles. The lowest BCUT2D eigenvalue weighted by molar-refractivity contribution is 1.08. The number of rotatable bonds is 3. The van der Waals surface area contributed by atoms with Crippen molar-refractivity contribution in [2.45, 2.75) is 0 Å². The quantitative estimate of drug-likeness (QED) is 0.211. The summed E-state index contributed by atoms with van der Waals surface area (Å²) in [4.78, 5) is 10.8. The molecule has 0 saturated heterocycles. The van der Waals surface area contributed by atoms with Crippen LogP contribution in [-0.4, -0.2) is 14.5 Å². The molecule has 0 N–H and O–H groups in total. The van der Waals surface area contributed by atoms with Crippen molar-refractivity contribution >= 4 is 43.6 Å². The predicted molar refractivity (Wildman–Crippen MR) is 187 cm³/mol. The first kappa shape index (κ1) is 24.4. The zero-order valence-electron chi connectivity index (χ0n) is 24.3. The molecule has 0 unspecified atom stereocenters. The fraction of sp³-hybridized carbons (Fsp3) is 0. The van der Waals surface area contributed by atoms with Crippen molar-refractivity contribution < 1.29 is 0 Å². The fourth-order valence-corrected chi connectivity index (χ4v) is 7.44. The van der Waals surface area contributed by atoms with E-state index in [1.54, 1.807) is 0 Å². The van der Waals surface area contributed by atoms with Gasteiger partial charge in [0.2, 0.25) is 0 Å². The summed E-state index contributed by atoms with van der Waals surface area (Å²) >= 11 is 0. The monoisotopic (exact) mass is 571 g/mol. The first-order valence-corrected chi connectivity index (χ1v) is 15.4. The van der Waals surface area contributed by atoms with Crippen LogP contribution in [0.25, 0.3) is 94.1 Å². The van der Waals surface area contributed by atoms with Crippen LogP contribution < -0.4 is 0 Å². The fourth-order valence-electron chi connectivity index (χ4n) is 7.44. The van der Waals surface area contributed by atoms with Crippen LogP contribution in [0.5, 0.6) is 0 Å². The normalized spacial score (nSPS) is 12.0. The van der Waals surface area contributed by atoms with Gasteiger partial charge in [-0.2, -0.15) is 0 Å². The second kappa shape index (κ2) is 9.22. The summed E-state index contributed by atoms with van der Waals surface area (Å²) in [5.41, 5.74) is 13.3. The molecule has 0 atom stereocenters. The van der Waals surface area contributed by atoms with Gasteiger partial charge in [-0.15, -0.1) is 0 Å². The minimum Gasteiger partial charge on any atom is -0.292 e. The van der Waals surface area contributed by atoms with Crippen LogP contribution in [0.15, 0.2) is 152 Å². The minimum absolute atomic E-state index is 0.833. The van der Waals surface area contributed by atoms with Gasteiger partial charge in [0.05, 0.1) is 22.1 Å². The maximum Gasteiger partial charge on any atom is 0.165 e. The highest BCUT2D eigenvalue weighted by Gasteiger charge is 2.26. The largest absolute Gasteiger partial charge is 0.292 e. The molecule has 0 amide bonds. The van der Waals surface area contributed by atoms with Crippen LogP contribution in [-0.2, 0) is 0 Å². The summed E-state index contributed by atoms with van der Waals surface area (Å²) < 4.78 is 2.36. The van der Waals surface area contributed by atoms with Crippen LogP contribution in [0.2, 0.25) is 0 Å². The number of hydrogen-bond donors (Lipinski definition) is 0. The zero-order valence-corrected chi connectivity index (χ0v) is 24.3. The molecule has 10 rings (SSSR count). The van der Waals surface area contributed by atoms with Crippen LogP contribution >= 0.6 is 0 Å². The van der Waals surface area contributed by atoms with Crippen molar-refractivity contribution in [1.82, 2.24) is 14.5 Å². The first-order chi connectivity index (χ1) is 22.3. The lowest BCUT2D eigenvalue weighted by Crippen LogP contribution is -2.04. The smallest absolute Gasteiger partial charge is 0.165 e. The Bertz CT molecular complexity index is 2650. The third-order valence-electron chi connectivity index (χ3n) is 9.34. The van der Waals surface area contributed by atoms with E-state index >= 15 is 0 Å². The Labute approximate surface area is 259 Å². The molecule has 3 heteroatoms. The Morgan fingerprint density at radius 1 is 0.356 bits per heavy atom. The van der Waals surface area contributed by atoms with Crippen LogP contribution in [0.4, 0.5) is 0 Å². The van der Waals surface area contributed by atoms with Gasteiger partial charge in [-0.05, 0) is 68.4 Å². The standard InChI is InChI=1S/C42H25N3/c1-2-12-26(13-3-1)28-15-4-7-18-33(28)41-42(44-35-22-9-8-21-34(35)43-41)45-36-23-11-20-32-30-17-6-5-16-29(30)31-19-10-14-27-24-25-37(45)40(38(27)31)39(32)36/h1-25H. The SMILES string of the molecule is c1ccc(-c2ccccc2-c2nc3ccccc3nc2-n2c3cccc4c3c3c5c(cccc5ccc32)-c2ccccc2-4)cc1. The van der Waals surface area contributed by atoms with Gasteiger partial charge >= 0.3 is 0 Å². The molecule has 0 aliphatic heterocycles. The summed E-state index contributed by atoms with van der Waals surface area (Å²) in [6.07, 6.45) is 0. The molecular formula is C42H25N3. The Morgan fingerprint density at radius 3 is 1.71 bits per heavy atom. The molecule has 2 heterocycles. The molecule has 0 fully saturated rings. The first-order valence-electron chi connectivity index (χ1n) is 15.4. The topological polar surface area (TPSA) is 30.7 Å². The molecule has 1 aliphatic carbocycles. The van der Waals surface area contributed by atoms with Gasteiger partial charge in [0.15, 0.2) is 5.82 Å². The highest BCUT2D eigenvalue weighted by atomic mass is 15.1. The minimum atomic E-state index is 0.833. The molecule has 208 valence electrons. The molecule has 0 bridgehead atoms. The van der Waals surface area contributed by atoms with Crippen LogP contribution in [0, 0.1) is 0 Å². The van der Waals surface area contributed by atoms with Gasteiger partial charge < -0.3 is 0 Å². The molecule has 1 aliphatic rings. The number of benzene rings is 7. The van der Waals surface area contributed by atoms with E-state index in [-0.39, 0.29) is 0 Å². The van der Waals surface area contributed by atoms with E-state index in [1.807, 2.05) is 12.1 Å². The second-order valence-electron chi connectivity index (χ2n) is 11.7. The van der Waals surface area contributed by atoms with Crippen molar-refractivity contribution in [2.24, 2.45) is 0 Å². The van der Waals surface area contributed by atoms with E-state index in [2.05, 4.69) is 144 Å². The van der Waals surface area contributed by atoms with Gasteiger partial charge in [-0.25, -0.2) is 9.97 Å². The molecule has 45 heavy (non-hydrogen) atoms. The van der Waals surface area contributed by atoms with Gasteiger partial charge in [-0.1, -0.05) is 127 Å². The maximum atomic E-state index is 5.42. The van der Waals surface area contributed by atoms with Crippen molar-refractivity contribution in [1.29, 1.82) is 0 Å². The lowest BCUT2D eigenvalue weighted by Gasteiger charge is -2.17. The highest BCUT2D eigenvalue weighted by molar-refractivity contribution is 6.30. The van der Waals surface area contributed by atoms with Crippen molar-refractivity contribution in [2.75, 3.05) is 0 Å². The van der Waals surface area contributed by atoms with E-state index in [4.69, 9.17) is 9.97 Å². The van der Waals surface area contributed by atoms with Crippen molar-refractivity contribution in [3.8, 4) is 50.5 Å². The summed E-state index contributed by atoms with van der Waals surface area (Å²) in [6, 6.07) is 54.0. The predicted octanol–water partition coefficient (Wildman–Crippen LogP) is 10.9. The van der Waals surface area contributed by atoms with Crippen LogP contribution in [0.3, 0.4) is 0 Å². The Hall–Kier alpha value is -6.06. The zero-order chi connectivity index (χ0) is 29.5. The Balaban J connectivity index is 1.40. The third kappa shape index (κ3) is 3.41. The Morgan fingerprint density at radius 2 is 0.933 bits per heavy atom. The van der Waals surface area contributed by atoms with Gasteiger partial charge in [-0.3, -0.25) is 4.57 Å². The molecule has 9 aromatic rings. The Kier molecular flexibility index (Phi) is 5.00. The average molecular weight is 572 g/mol. The van der Waals surface area contributed by atoms with Gasteiger partial charge in [0.1, 0.15) is 5.69 Å². The molecule has 0 saturated carbocycles. The summed E-state index contributed by atoms with van der Waals surface area (Å²) in [5.74, 6) is 0.833. The van der Waals surface area contributed by atoms with Crippen LogP contribution in [0.1, 0.15) is 0 Å². The lowest BCUT2D eigenvalue weighted by atomic mass is 9.93.